The van der Waals surface area contributed by atoms with E-state index in [1.54, 1.807) is 13.0 Å². The summed E-state index contributed by atoms with van der Waals surface area (Å²) in [5.41, 5.74) is 1.10. The molecular weight excluding hydrogens is 257 g/mol. The first kappa shape index (κ1) is 15.0. The van der Waals surface area contributed by atoms with Gasteiger partial charge < -0.3 is 10.0 Å². The topological polar surface area (TPSA) is 40.5 Å². The molecule has 1 aliphatic heterocycles. The van der Waals surface area contributed by atoms with Gasteiger partial charge in [0.15, 0.2) is 5.78 Å². The van der Waals surface area contributed by atoms with Crippen molar-refractivity contribution >= 4 is 11.5 Å². The van der Waals surface area contributed by atoms with Gasteiger partial charge in [0.25, 0.3) is 0 Å². The van der Waals surface area contributed by atoms with Gasteiger partial charge >= 0.3 is 0 Å². The molecule has 1 aromatic rings. The maximum Gasteiger partial charge on any atom is 0.161 e. The summed E-state index contributed by atoms with van der Waals surface area (Å²) in [6, 6.07) is 3.07. The van der Waals surface area contributed by atoms with Gasteiger partial charge in [-0.3, -0.25) is 4.79 Å². The van der Waals surface area contributed by atoms with Crippen LogP contribution in [0, 0.1) is 12.7 Å². The number of aryl methyl sites for hydroxylation is 1. The molecule has 1 unspecified atom stereocenters. The highest BCUT2D eigenvalue weighted by molar-refractivity contribution is 6.00. The number of aliphatic hydroxyl groups is 1. The minimum atomic E-state index is -0.653. The Morgan fingerprint density at radius 2 is 2.05 bits per heavy atom. The lowest BCUT2D eigenvalue weighted by atomic mass is 9.98. The van der Waals surface area contributed by atoms with Crippen molar-refractivity contribution in [1.82, 2.24) is 0 Å². The molecule has 0 radical (unpaired) electrons. The molecule has 0 spiro atoms. The molecule has 0 aliphatic carbocycles. The van der Waals surface area contributed by atoms with Crippen LogP contribution in [0.15, 0.2) is 12.1 Å². The fourth-order valence-electron chi connectivity index (χ4n) is 2.71. The summed E-state index contributed by atoms with van der Waals surface area (Å²) in [4.78, 5) is 13.8. The molecule has 1 aliphatic rings. The average molecular weight is 279 g/mol. The predicted molar refractivity (Wildman–Crippen MR) is 77.8 cm³/mol. The van der Waals surface area contributed by atoms with E-state index in [1.807, 2.05) is 6.92 Å². The van der Waals surface area contributed by atoms with Crippen LogP contribution < -0.4 is 4.90 Å². The Balaban J connectivity index is 2.36. The van der Waals surface area contributed by atoms with Crippen molar-refractivity contribution in [2.24, 2.45) is 0 Å². The van der Waals surface area contributed by atoms with E-state index in [2.05, 4.69) is 4.90 Å². The summed E-state index contributed by atoms with van der Waals surface area (Å²) in [5.74, 6) is -0.476. The van der Waals surface area contributed by atoms with E-state index < -0.39 is 5.60 Å². The zero-order valence-electron chi connectivity index (χ0n) is 12.4. The molecule has 1 fully saturated rings. The largest absolute Gasteiger partial charge is 0.390 e. The fourth-order valence-corrected chi connectivity index (χ4v) is 2.71. The van der Waals surface area contributed by atoms with Crippen LogP contribution in [-0.4, -0.2) is 29.6 Å². The van der Waals surface area contributed by atoms with Gasteiger partial charge in [-0.05, 0) is 57.7 Å². The fraction of sp³-hybridized carbons (Fsp3) is 0.562. The molecule has 0 bridgehead atoms. The van der Waals surface area contributed by atoms with Gasteiger partial charge in [-0.2, -0.15) is 0 Å². The van der Waals surface area contributed by atoms with Crippen molar-refractivity contribution in [3.05, 3.63) is 29.1 Å². The smallest absolute Gasteiger partial charge is 0.161 e. The summed E-state index contributed by atoms with van der Waals surface area (Å²) in [7, 11) is 0. The average Bonchev–Trinajstić information content (AvgIpc) is 2.53. The zero-order valence-corrected chi connectivity index (χ0v) is 12.4. The molecule has 110 valence electrons. The normalized spacial score (nSPS) is 23.6. The Morgan fingerprint density at radius 1 is 1.35 bits per heavy atom. The summed E-state index contributed by atoms with van der Waals surface area (Å²) in [6.07, 6.45) is 2.26. The highest BCUT2D eigenvalue weighted by Crippen LogP contribution is 2.29. The maximum absolute atomic E-state index is 13.7. The summed E-state index contributed by atoms with van der Waals surface area (Å²) < 4.78 is 13.7. The molecule has 0 aromatic heterocycles. The second kappa shape index (κ2) is 5.52. The number of nitrogens with zero attached hydrogens (tertiary/aromatic N) is 1. The third kappa shape index (κ3) is 3.18. The Morgan fingerprint density at radius 3 is 2.70 bits per heavy atom. The Hall–Kier alpha value is -1.42. The number of anilines is 1. The van der Waals surface area contributed by atoms with E-state index in [0.29, 0.717) is 24.1 Å². The third-order valence-corrected chi connectivity index (χ3v) is 4.06. The SMILES string of the molecule is CC(=O)c1cc(F)c(C)cc1N1CCCC(C)(O)CC1. The van der Waals surface area contributed by atoms with E-state index in [-0.39, 0.29) is 11.6 Å². The standard InChI is InChI=1S/C16H22FNO2/c1-11-9-15(13(12(2)19)10-14(11)17)18-7-4-5-16(3,20)6-8-18/h9-10,20H,4-8H2,1-3H3. The number of Topliss-reactive ketones (excluding diaryl/α,β-unsaturated/α-hetero) is 1. The van der Waals surface area contributed by atoms with Crippen LogP contribution >= 0.6 is 0 Å². The number of carbonyl (C=O) groups is 1. The second-order valence-corrected chi connectivity index (χ2v) is 6.01. The molecule has 0 amide bonds. The van der Waals surface area contributed by atoms with Gasteiger partial charge in [0.2, 0.25) is 0 Å². The lowest BCUT2D eigenvalue weighted by Crippen LogP contribution is -2.29. The van der Waals surface area contributed by atoms with E-state index in [0.717, 1.165) is 25.1 Å². The number of halogens is 1. The maximum atomic E-state index is 13.7. The molecule has 4 heteroatoms. The quantitative estimate of drug-likeness (QED) is 0.846. The molecule has 0 saturated carbocycles. The molecule has 2 rings (SSSR count). The monoisotopic (exact) mass is 279 g/mol. The first-order valence-electron chi connectivity index (χ1n) is 7.08. The first-order chi connectivity index (χ1) is 9.30. The van der Waals surface area contributed by atoms with Gasteiger partial charge in [-0.1, -0.05) is 0 Å². The number of hydrogen-bond acceptors (Lipinski definition) is 3. The highest BCUT2D eigenvalue weighted by atomic mass is 19.1. The minimum absolute atomic E-state index is 0.130. The van der Waals surface area contributed by atoms with Crippen molar-refractivity contribution in [1.29, 1.82) is 0 Å². The van der Waals surface area contributed by atoms with Crippen LogP contribution in [0.25, 0.3) is 0 Å². The second-order valence-electron chi connectivity index (χ2n) is 6.01. The zero-order chi connectivity index (χ0) is 14.9. The summed E-state index contributed by atoms with van der Waals surface area (Å²) >= 11 is 0. The van der Waals surface area contributed by atoms with E-state index >= 15 is 0 Å². The molecule has 1 N–H and O–H groups in total. The van der Waals surface area contributed by atoms with E-state index in [9.17, 15) is 14.3 Å². The van der Waals surface area contributed by atoms with Gasteiger partial charge in [-0.15, -0.1) is 0 Å². The Kier molecular flexibility index (Phi) is 4.14. The summed E-state index contributed by atoms with van der Waals surface area (Å²) in [5, 5.41) is 10.1. The van der Waals surface area contributed by atoms with Crippen LogP contribution in [0.4, 0.5) is 10.1 Å². The van der Waals surface area contributed by atoms with Crippen molar-refractivity contribution in [3.63, 3.8) is 0 Å². The highest BCUT2D eigenvalue weighted by Gasteiger charge is 2.26. The molecular formula is C16H22FNO2. The number of hydrogen-bond donors (Lipinski definition) is 1. The van der Waals surface area contributed by atoms with Gasteiger partial charge in [0, 0.05) is 24.3 Å². The van der Waals surface area contributed by atoms with Crippen LogP contribution in [-0.2, 0) is 0 Å². The lowest BCUT2D eigenvalue weighted by molar-refractivity contribution is 0.0481. The van der Waals surface area contributed by atoms with E-state index in [4.69, 9.17) is 0 Å². The van der Waals surface area contributed by atoms with Gasteiger partial charge in [-0.25, -0.2) is 4.39 Å². The Labute approximate surface area is 119 Å². The molecule has 1 heterocycles. The van der Waals surface area contributed by atoms with Crippen LogP contribution in [0.1, 0.15) is 49.0 Å². The molecule has 3 nitrogen and oxygen atoms in total. The summed E-state index contributed by atoms with van der Waals surface area (Å²) in [6.45, 7) is 6.47. The van der Waals surface area contributed by atoms with Crippen LogP contribution in [0.5, 0.6) is 0 Å². The Bertz CT molecular complexity index is 525. The van der Waals surface area contributed by atoms with Crippen molar-refractivity contribution in [2.45, 2.75) is 45.6 Å². The number of benzene rings is 1. The molecule has 1 atom stereocenters. The third-order valence-electron chi connectivity index (χ3n) is 4.06. The van der Waals surface area contributed by atoms with Gasteiger partial charge in [0.1, 0.15) is 5.82 Å². The molecule has 1 aromatic carbocycles. The predicted octanol–water partition coefficient (Wildman–Crippen LogP) is 3.08. The molecule has 1 saturated heterocycles. The van der Waals surface area contributed by atoms with Crippen molar-refractivity contribution < 1.29 is 14.3 Å². The van der Waals surface area contributed by atoms with Crippen molar-refractivity contribution in [2.75, 3.05) is 18.0 Å². The lowest BCUT2D eigenvalue weighted by Gasteiger charge is -2.26. The molecule has 20 heavy (non-hydrogen) atoms. The van der Waals surface area contributed by atoms with Gasteiger partial charge in [0.05, 0.1) is 5.60 Å². The van der Waals surface area contributed by atoms with Crippen LogP contribution in [0.2, 0.25) is 0 Å². The first-order valence-corrected chi connectivity index (χ1v) is 7.08. The number of carbonyl (C=O) groups excluding carboxylic acids is 1. The number of rotatable bonds is 2. The number of ketones is 1. The van der Waals surface area contributed by atoms with Crippen LogP contribution in [0.3, 0.4) is 0 Å². The van der Waals surface area contributed by atoms with Crippen molar-refractivity contribution in [3.8, 4) is 0 Å². The minimum Gasteiger partial charge on any atom is -0.390 e. The van der Waals surface area contributed by atoms with E-state index in [1.165, 1.54) is 13.0 Å².